The van der Waals surface area contributed by atoms with Gasteiger partial charge in [-0.1, -0.05) is 5.16 Å². The highest BCUT2D eigenvalue weighted by atomic mass is 35.5. The summed E-state index contributed by atoms with van der Waals surface area (Å²) in [7, 11) is 0. The lowest BCUT2D eigenvalue weighted by Crippen LogP contribution is -2.12. The van der Waals surface area contributed by atoms with Gasteiger partial charge in [-0.3, -0.25) is 4.98 Å². The highest BCUT2D eigenvalue weighted by molar-refractivity contribution is 5.85. The Morgan fingerprint density at radius 2 is 2.00 bits per heavy atom. The van der Waals surface area contributed by atoms with E-state index >= 15 is 0 Å². The van der Waals surface area contributed by atoms with Crippen molar-refractivity contribution < 1.29 is 4.52 Å². The van der Waals surface area contributed by atoms with Gasteiger partial charge in [0.25, 0.3) is 0 Å². The molecule has 0 unspecified atom stereocenters. The van der Waals surface area contributed by atoms with Crippen LogP contribution in [0.5, 0.6) is 0 Å². The van der Waals surface area contributed by atoms with Crippen LogP contribution in [0.1, 0.15) is 24.8 Å². The fourth-order valence-corrected chi connectivity index (χ4v) is 1.89. The normalized spacial score (nSPS) is 17.9. The third-order valence-corrected chi connectivity index (χ3v) is 2.74. The van der Waals surface area contributed by atoms with E-state index in [0.29, 0.717) is 11.7 Å². The molecule has 3 rings (SSSR count). The number of nitrogens with one attached hydrogen (secondary N) is 1. The van der Waals surface area contributed by atoms with Gasteiger partial charge in [-0.25, -0.2) is 0 Å². The molecule has 1 aliphatic rings. The Kier molecular flexibility index (Phi) is 5.53. The summed E-state index contributed by atoms with van der Waals surface area (Å²) >= 11 is 0. The second-order valence-corrected chi connectivity index (χ2v) is 3.84. The van der Waals surface area contributed by atoms with Crippen molar-refractivity contribution in [3.8, 4) is 11.4 Å². The number of hydrogen-bond acceptors (Lipinski definition) is 5. The fourth-order valence-electron chi connectivity index (χ4n) is 1.89. The Bertz CT molecular complexity index is 471. The van der Waals surface area contributed by atoms with Gasteiger partial charge in [0.2, 0.25) is 11.7 Å². The summed E-state index contributed by atoms with van der Waals surface area (Å²) in [5.41, 5.74) is 0.933. The average Bonchev–Trinajstić information content (AvgIpc) is 3.01. The molecule has 0 aliphatic carbocycles. The van der Waals surface area contributed by atoms with Crippen LogP contribution in [0.15, 0.2) is 29.0 Å². The molecule has 2 aromatic rings. The number of nitrogens with zero attached hydrogens (tertiary/aromatic N) is 3. The molecule has 1 aliphatic heterocycles. The summed E-state index contributed by atoms with van der Waals surface area (Å²) in [6, 6.07) is 3.97. The van der Waals surface area contributed by atoms with Crippen LogP contribution in [0.25, 0.3) is 11.4 Å². The Morgan fingerprint density at radius 3 is 2.67 bits per heavy atom. The first-order chi connectivity index (χ1) is 7.93. The van der Waals surface area contributed by atoms with Crippen molar-refractivity contribution in [2.45, 2.75) is 18.9 Å². The predicted molar refractivity (Wildman–Crippen MR) is 72.0 cm³/mol. The third-order valence-electron chi connectivity index (χ3n) is 2.74. The van der Waals surface area contributed by atoms with Crippen LogP contribution < -0.4 is 5.32 Å². The predicted octanol–water partition coefficient (Wildman–Crippen LogP) is 2.40. The van der Waals surface area contributed by atoms with Crippen LogP contribution in [0, 0.1) is 0 Å². The molecule has 0 saturated carbocycles. The van der Waals surface area contributed by atoms with Crippen molar-refractivity contribution in [2.75, 3.05) is 6.54 Å². The molecule has 7 heteroatoms. The minimum absolute atomic E-state index is 0. The van der Waals surface area contributed by atoms with Gasteiger partial charge in [0.1, 0.15) is 0 Å². The number of hydrogen-bond donors (Lipinski definition) is 1. The summed E-state index contributed by atoms with van der Waals surface area (Å²) in [6.07, 6.45) is 5.67. The molecular formula is C11H14Cl2N4O. The number of aromatic nitrogens is 3. The SMILES string of the molecule is Cl.Cl.c1cc(-c2noc([C@@H]3CCCN3)n2)ccn1. The van der Waals surface area contributed by atoms with Gasteiger partial charge in [-0.05, 0) is 31.5 Å². The second kappa shape index (κ2) is 6.68. The van der Waals surface area contributed by atoms with Crippen LogP contribution >= 0.6 is 24.8 Å². The summed E-state index contributed by atoms with van der Waals surface area (Å²) in [6.45, 7) is 1.03. The zero-order chi connectivity index (χ0) is 10.8. The van der Waals surface area contributed by atoms with E-state index in [-0.39, 0.29) is 30.9 Å². The van der Waals surface area contributed by atoms with Crippen LogP contribution in [0.4, 0.5) is 0 Å². The molecule has 0 amide bonds. The van der Waals surface area contributed by atoms with Crippen molar-refractivity contribution in [3.05, 3.63) is 30.4 Å². The van der Waals surface area contributed by atoms with Crippen LogP contribution in [0.3, 0.4) is 0 Å². The average molecular weight is 289 g/mol. The first-order valence-electron chi connectivity index (χ1n) is 5.41. The fraction of sp³-hybridized carbons (Fsp3) is 0.364. The van der Waals surface area contributed by atoms with E-state index in [0.717, 1.165) is 24.9 Å². The van der Waals surface area contributed by atoms with Crippen LogP contribution in [-0.2, 0) is 0 Å². The Labute approximate surface area is 117 Å². The van der Waals surface area contributed by atoms with E-state index in [1.807, 2.05) is 12.1 Å². The van der Waals surface area contributed by atoms with E-state index in [1.165, 1.54) is 0 Å². The summed E-state index contributed by atoms with van der Waals surface area (Å²) in [4.78, 5) is 8.35. The maximum atomic E-state index is 5.26. The summed E-state index contributed by atoms with van der Waals surface area (Å²) in [5, 5.41) is 7.31. The molecule has 18 heavy (non-hydrogen) atoms. The van der Waals surface area contributed by atoms with Gasteiger partial charge in [-0.15, -0.1) is 24.8 Å². The first-order valence-corrected chi connectivity index (χ1v) is 5.41. The second-order valence-electron chi connectivity index (χ2n) is 3.84. The van der Waals surface area contributed by atoms with Gasteiger partial charge >= 0.3 is 0 Å². The van der Waals surface area contributed by atoms with Crippen LogP contribution in [-0.4, -0.2) is 21.7 Å². The van der Waals surface area contributed by atoms with E-state index in [1.54, 1.807) is 12.4 Å². The molecule has 5 nitrogen and oxygen atoms in total. The molecule has 0 bridgehead atoms. The standard InChI is InChI=1S/C11H12N4O.2ClH/c1-2-9(13-5-1)11-14-10(15-16-11)8-3-6-12-7-4-8;;/h3-4,6-7,9,13H,1-2,5H2;2*1H/t9-;;/m0../s1. The monoisotopic (exact) mass is 288 g/mol. The molecule has 2 aromatic heterocycles. The van der Waals surface area contributed by atoms with E-state index < -0.39 is 0 Å². The van der Waals surface area contributed by atoms with Gasteiger partial charge < -0.3 is 9.84 Å². The minimum Gasteiger partial charge on any atom is -0.337 e. The molecule has 0 spiro atoms. The van der Waals surface area contributed by atoms with Crippen molar-refractivity contribution in [2.24, 2.45) is 0 Å². The Morgan fingerprint density at radius 1 is 1.22 bits per heavy atom. The molecule has 1 saturated heterocycles. The molecular weight excluding hydrogens is 275 g/mol. The lowest BCUT2D eigenvalue weighted by atomic mass is 10.2. The lowest BCUT2D eigenvalue weighted by Gasteiger charge is -2.01. The maximum Gasteiger partial charge on any atom is 0.244 e. The molecule has 3 heterocycles. The van der Waals surface area contributed by atoms with Gasteiger partial charge in [-0.2, -0.15) is 4.98 Å². The third kappa shape index (κ3) is 2.98. The zero-order valence-electron chi connectivity index (χ0n) is 9.57. The Hall–Kier alpha value is -1.17. The van der Waals surface area contributed by atoms with E-state index in [9.17, 15) is 0 Å². The van der Waals surface area contributed by atoms with Crippen molar-refractivity contribution in [1.29, 1.82) is 0 Å². The number of rotatable bonds is 2. The molecule has 1 atom stereocenters. The zero-order valence-corrected chi connectivity index (χ0v) is 11.2. The molecule has 0 aromatic carbocycles. The highest BCUT2D eigenvalue weighted by Crippen LogP contribution is 2.23. The topological polar surface area (TPSA) is 63.8 Å². The quantitative estimate of drug-likeness (QED) is 0.919. The first kappa shape index (κ1) is 14.9. The van der Waals surface area contributed by atoms with Crippen LogP contribution in [0.2, 0.25) is 0 Å². The van der Waals surface area contributed by atoms with Crippen molar-refractivity contribution in [1.82, 2.24) is 20.4 Å². The van der Waals surface area contributed by atoms with E-state index in [4.69, 9.17) is 4.52 Å². The molecule has 98 valence electrons. The highest BCUT2D eigenvalue weighted by Gasteiger charge is 2.22. The Balaban J connectivity index is 0.000000810. The largest absolute Gasteiger partial charge is 0.337 e. The maximum absolute atomic E-state index is 5.26. The molecule has 1 fully saturated rings. The minimum atomic E-state index is 0. The smallest absolute Gasteiger partial charge is 0.244 e. The van der Waals surface area contributed by atoms with Gasteiger partial charge in [0.05, 0.1) is 6.04 Å². The van der Waals surface area contributed by atoms with Crippen molar-refractivity contribution >= 4 is 24.8 Å². The van der Waals surface area contributed by atoms with E-state index in [2.05, 4.69) is 20.4 Å². The van der Waals surface area contributed by atoms with Gasteiger partial charge in [0.15, 0.2) is 0 Å². The number of halogens is 2. The summed E-state index contributed by atoms with van der Waals surface area (Å²) < 4.78 is 5.26. The lowest BCUT2D eigenvalue weighted by molar-refractivity contribution is 0.345. The number of pyridine rings is 1. The molecule has 0 radical (unpaired) electrons. The van der Waals surface area contributed by atoms with Gasteiger partial charge in [0, 0.05) is 18.0 Å². The summed E-state index contributed by atoms with van der Waals surface area (Å²) in [5.74, 6) is 1.32. The van der Waals surface area contributed by atoms with Crippen molar-refractivity contribution in [3.63, 3.8) is 0 Å². The molecule has 1 N–H and O–H groups in total.